The summed E-state index contributed by atoms with van der Waals surface area (Å²) in [5, 5.41) is 17.1. The molecule has 0 aromatic carbocycles. The average Bonchev–Trinajstić information content (AvgIpc) is 2.20. The van der Waals surface area contributed by atoms with Crippen molar-refractivity contribution >= 4 is 0 Å². The van der Waals surface area contributed by atoms with E-state index in [4.69, 9.17) is 0 Å². The minimum atomic E-state index is -0.624. The van der Waals surface area contributed by atoms with Crippen molar-refractivity contribution in [3.8, 4) is 0 Å². The normalized spacial score (nSPS) is 13.7. The van der Waals surface area contributed by atoms with Crippen LogP contribution in [0.2, 0.25) is 0 Å². The molecule has 5 nitrogen and oxygen atoms in total. The number of hydrogen-bond donors (Lipinski definition) is 2. The Morgan fingerprint density at radius 1 is 1.47 bits per heavy atom. The topological polar surface area (TPSA) is 67.2 Å². The summed E-state index contributed by atoms with van der Waals surface area (Å²) in [5.74, 6) is 0. The van der Waals surface area contributed by atoms with E-state index >= 15 is 0 Å². The molecule has 0 fully saturated rings. The van der Waals surface area contributed by atoms with Gasteiger partial charge >= 0.3 is 0 Å². The molecule has 0 aliphatic carbocycles. The molecule has 5 heteroatoms. The molecule has 0 amide bonds. The van der Waals surface area contributed by atoms with Crippen molar-refractivity contribution in [3.05, 3.63) is 28.2 Å². The van der Waals surface area contributed by atoms with Crippen molar-refractivity contribution in [2.45, 2.75) is 45.9 Å². The Morgan fingerprint density at radius 3 is 2.71 bits per heavy atom. The van der Waals surface area contributed by atoms with E-state index in [0.29, 0.717) is 6.54 Å². The van der Waals surface area contributed by atoms with Crippen molar-refractivity contribution < 1.29 is 5.11 Å². The quantitative estimate of drug-likeness (QED) is 0.793. The van der Waals surface area contributed by atoms with Gasteiger partial charge in [0.2, 0.25) is 0 Å². The molecule has 0 saturated carbocycles. The van der Waals surface area contributed by atoms with Crippen LogP contribution in [0, 0.1) is 6.92 Å². The van der Waals surface area contributed by atoms with E-state index < -0.39 is 6.10 Å². The van der Waals surface area contributed by atoms with Gasteiger partial charge in [-0.3, -0.25) is 4.79 Å². The van der Waals surface area contributed by atoms with Crippen molar-refractivity contribution in [2.75, 3.05) is 6.54 Å². The maximum atomic E-state index is 11.5. The maximum absolute atomic E-state index is 11.5. The fourth-order valence-electron chi connectivity index (χ4n) is 1.37. The van der Waals surface area contributed by atoms with Crippen LogP contribution in [0.4, 0.5) is 0 Å². The number of aryl methyl sites for hydroxylation is 1. The van der Waals surface area contributed by atoms with Crippen molar-refractivity contribution in [1.29, 1.82) is 0 Å². The van der Waals surface area contributed by atoms with Gasteiger partial charge < -0.3 is 10.4 Å². The van der Waals surface area contributed by atoms with Gasteiger partial charge in [-0.1, -0.05) is 0 Å². The number of aromatic nitrogens is 2. The van der Waals surface area contributed by atoms with E-state index in [2.05, 4.69) is 10.4 Å². The Labute approximate surface area is 101 Å². The van der Waals surface area contributed by atoms with E-state index in [9.17, 15) is 9.90 Å². The van der Waals surface area contributed by atoms with Gasteiger partial charge in [-0.25, -0.2) is 4.68 Å². The summed E-state index contributed by atoms with van der Waals surface area (Å²) in [6, 6.07) is 3.13. The fraction of sp³-hybridized carbons (Fsp3) is 0.667. The second-order valence-corrected chi connectivity index (χ2v) is 5.28. The lowest BCUT2D eigenvalue weighted by Gasteiger charge is -2.23. The summed E-state index contributed by atoms with van der Waals surface area (Å²) in [6.45, 7) is 8.54. The summed E-state index contributed by atoms with van der Waals surface area (Å²) >= 11 is 0. The second-order valence-electron chi connectivity index (χ2n) is 5.28. The van der Waals surface area contributed by atoms with E-state index in [-0.39, 0.29) is 17.6 Å². The first-order valence-corrected chi connectivity index (χ1v) is 5.76. The van der Waals surface area contributed by atoms with Gasteiger partial charge in [0, 0.05) is 18.2 Å². The zero-order valence-electron chi connectivity index (χ0n) is 10.9. The van der Waals surface area contributed by atoms with Crippen LogP contribution in [-0.4, -0.2) is 33.1 Å². The maximum Gasteiger partial charge on any atom is 0.266 e. The molecule has 96 valence electrons. The number of rotatable bonds is 4. The summed E-state index contributed by atoms with van der Waals surface area (Å²) in [4.78, 5) is 11.5. The number of nitrogens with one attached hydrogen (secondary N) is 1. The molecule has 1 atom stereocenters. The van der Waals surface area contributed by atoms with Crippen molar-refractivity contribution in [2.24, 2.45) is 0 Å². The van der Waals surface area contributed by atoms with Crippen LogP contribution < -0.4 is 10.9 Å². The van der Waals surface area contributed by atoms with Gasteiger partial charge in [-0.2, -0.15) is 5.10 Å². The third-order valence-corrected chi connectivity index (χ3v) is 2.25. The lowest BCUT2D eigenvalue weighted by Crippen LogP contribution is -2.43. The van der Waals surface area contributed by atoms with Gasteiger partial charge in [0.15, 0.2) is 0 Å². The molecule has 0 aliphatic rings. The Hall–Kier alpha value is -1.20. The Morgan fingerprint density at radius 2 is 2.12 bits per heavy atom. The molecule has 0 aliphatic heterocycles. The average molecular weight is 239 g/mol. The van der Waals surface area contributed by atoms with Crippen LogP contribution in [0.1, 0.15) is 26.5 Å². The summed E-state index contributed by atoms with van der Waals surface area (Å²) in [6.07, 6.45) is -0.624. The summed E-state index contributed by atoms with van der Waals surface area (Å²) in [5.41, 5.74) is 0.525. The highest BCUT2D eigenvalue weighted by molar-refractivity contribution is 4.97. The van der Waals surface area contributed by atoms with E-state index in [1.54, 1.807) is 6.07 Å². The standard InChI is InChI=1S/C12H21N3O2/c1-9-5-6-11(17)15(14-9)8-10(16)7-13-12(2,3)4/h5-6,10,13,16H,7-8H2,1-4H3. The molecular formula is C12H21N3O2. The highest BCUT2D eigenvalue weighted by Gasteiger charge is 2.13. The lowest BCUT2D eigenvalue weighted by molar-refractivity contribution is 0.135. The van der Waals surface area contributed by atoms with Gasteiger partial charge in [0.05, 0.1) is 18.3 Å². The molecule has 0 bridgehead atoms. The SMILES string of the molecule is Cc1ccc(=O)n(CC(O)CNC(C)(C)C)n1. The van der Waals surface area contributed by atoms with E-state index in [0.717, 1.165) is 5.69 Å². The van der Waals surface area contributed by atoms with Crippen LogP contribution in [0.3, 0.4) is 0 Å². The minimum Gasteiger partial charge on any atom is -0.390 e. The predicted octanol–water partition coefficient (Wildman–Crippen LogP) is 0.301. The first kappa shape index (κ1) is 13.9. The highest BCUT2D eigenvalue weighted by atomic mass is 16.3. The summed E-state index contributed by atoms with van der Waals surface area (Å²) < 4.78 is 1.30. The van der Waals surface area contributed by atoms with Crippen LogP contribution in [0.25, 0.3) is 0 Å². The molecule has 1 heterocycles. The molecule has 1 rings (SSSR count). The third kappa shape index (κ3) is 5.10. The molecular weight excluding hydrogens is 218 g/mol. The number of β-amino-alcohol motifs (C(OH)–C–C–N with tert-alkyl or cyclic N) is 1. The smallest absolute Gasteiger partial charge is 0.266 e. The van der Waals surface area contributed by atoms with Crippen molar-refractivity contribution in [3.63, 3.8) is 0 Å². The minimum absolute atomic E-state index is 0.0496. The molecule has 17 heavy (non-hydrogen) atoms. The van der Waals surface area contributed by atoms with Gasteiger partial charge in [0.25, 0.3) is 5.56 Å². The molecule has 2 N–H and O–H groups in total. The van der Waals surface area contributed by atoms with Gasteiger partial charge in [-0.15, -0.1) is 0 Å². The monoisotopic (exact) mass is 239 g/mol. The zero-order chi connectivity index (χ0) is 13.1. The first-order valence-electron chi connectivity index (χ1n) is 5.76. The molecule has 0 spiro atoms. The molecule has 1 unspecified atom stereocenters. The predicted molar refractivity (Wildman–Crippen MR) is 67.0 cm³/mol. The zero-order valence-corrected chi connectivity index (χ0v) is 10.9. The number of aliphatic hydroxyl groups is 1. The van der Waals surface area contributed by atoms with Gasteiger partial charge in [0.1, 0.15) is 0 Å². The van der Waals surface area contributed by atoms with Crippen LogP contribution in [-0.2, 0) is 6.54 Å². The fourth-order valence-corrected chi connectivity index (χ4v) is 1.37. The van der Waals surface area contributed by atoms with Crippen molar-refractivity contribution in [1.82, 2.24) is 15.1 Å². The third-order valence-electron chi connectivity index (χ3n) is 2.25. The lowest BCUT2D eigenvalue weighted by atomic mass is 10.1. The van der Waals surface area contributed by atoms with Gasteiger partial charge in [-0.05, 0) is 33.8 Å². The summed E-state index contributed by atoms with van der Waals surface area (Å²) in [7, 11) is 0. The molecule has 0 saturated heterocycles. The Kier molecular flexibility index (Phi) is 4.42. The largest absolute Gasteiger partial charge is 0.390 e. The number of aliphatic hydroxyl groups excluding tert-OH is 1. The van der Waals surface area contributed by atoms with E-state index in [1.807, 2.05) is 27.7 Å². The van der Waals surface area contributed by atoms with Crippen LogP contribution in [0.15, 0.2) is 16.9 Å². The number of nitrogens with zero attached hydrogens (tertiary/aromatic N) is 2. The van der Waals surface area contributed by atoms with Crippen LogP contribution in [0.5, 0.6) is 0 Å². The molecule has 0 radical (unpaired) electrons. The first-order chi connectivity index (χ1) is 7.78. The Bertz CT molecular complexity index is 420. The van der Waals surface area contributed by atoms with E-state index in [1.165, 1.54) is 10.7 Å². The number of hydrogen-bond acceptors (Lipinski definition) is 4. The molecule has 1 aromatic heterocycles. The second kappa shape index (κ2) is 5.42. The van der Waals surface area contributed by atoms with Crippen LogP contribution >= 0.6 is 0 Å². The Balaban J connectivity index is 2.59. The highest BCUT2D eigenvalue weighted by Crippen LogP contribution is 1.99. The molecule has 1 aromatic rings.